The molecule has 0 bridgehead atoms. The molecule has 1 heterocycles. The molecular weight excluding hydrogens is 222 g/mol. The Bertz CT molecular complexity index is 194. The fourth-order valence-electron chi connectivity index (χ4n) is 2.99. The van der Waals surface area contributed by atoms with Gasteiger partial charge in [-0.2, -0.15) is 0 Å². The largest absolute Gasteiger partial charge is 0.377 e. The molecule has 0 aromatic heterocycles. The summed E-state index contributed by atoms with van der Waals surface area (Å²) < 4.78 is 5.61. The molecule has 94 valence electrons. The predicted octanol–water partition coefficient (Wildman–Crippen LogP) is 2.80. The van der Waals surface area contributed by atoms with Gasteiger partial charge in [0.25, 0.3) is 0 Å². The van der Waals surface area contributed by atoms with Crippen molar-refractivity contribution in [1.29, 1.82) is 0 Å². The first-order valence-corrected chi connectivity index (χ1v) is 7.32. The molecule has 1 N–H and O–H groups in total. The van der Waals surface area contributed by atoms with E-state index in [-0.39, 0.29) is 0 Å². The van der Waals surface area contributed by atoms with E-state index in [1.807, 2.05) is 0 Å². The molecule has 0 spiro atoms. The molecule has 1 aliphatic heterocycles. The second-order valence-electron chi connectivity index (χ2n) is 5.25. The standard InChI is InChI=1S/C13H24ClNO/c14-8-11-4-1-2-5-12(11)9-15-10-13-6-3-7-16-13/h11-13,15H,1-10H2. The van der Waals surface area contributed by atoms with E-state index in [4.69, 9.17) is 16.3 Å². The zero-order chi connectivity index (χ0) is 11.2. The Morgan fingerprint density at radius 2 is 1.81 bits per heavy atom. The van der Waals surface area contributed by atoms with Crippen LogP contribution in [0.1, 0.15) is 38.5 Å². The van der Waals surface area contributed by atoms with Crippen LogP contribution in [0.15, 0.2) is 0 Å². The molecule has 0 amide bonds. The van der Waals surface area contributed by atoms with E-state index in [9.17, 15) is 0 Å². The number of ether oxygens (including phenoxy) is 1. The number of halogens is 1. The van der Waals surface area contributed by atoms with Crippen molar-refractivity contribution in [3.8, 4) is 0 Å². The molecular formula is C13H24ClNO. The highest BCUT2D eigenvalue weighted by molar-refractivity contribution is 6.18. The molecule has 2 nitrogen and oxygen atoms in total. The Balaban J connectivity index is 1.63. The average Bonchev–Trinajstić information content (AvgIpc) is 2.83. The fraction of sp³-hybridized carbons (Fsp3) is 1.00. The van der Waals surface area contributed by atoms with Crippen LogP contribution in [0.2, 0.25) is 0 Å². The van der Waals surface area contributed by atoms with Gasteiger partial charge in [-0.3, -0.25) is 0 Å². The monoisotopic (exact) mass is 245 g/mol. The molecule has 3 heteroatoms. The van der Waals surface area contributed by atoms with Crippen molar-refractivity contribution in [3.63, 3.8) is 0 Å². The third kappa shape index (κ3) is 3.61. The molecule has 3 unspecified atom stereocenters. The molecule has 2 rings (SSSR count). The van der Waals surface area contributed by atoms with Gasteiger partial charge in [0.15, 0.2) is 0 Å². The smallest absolute Gasteiger partial charge is 0.0700 e. The molecule has 0 aromatic carbocycles. The molecule has 0 aromatic rings. The normalized spacial score (nSPS) is 35.4. The average molecular weight is 246 g/mol. The summed E-state index contributed by atoms with van der Waals surface area (Å²) in [6.07, 6.45) is 8.39. The number of rotatable bonds is 5. The third-order valence-electron chi connectivity index (χ3n) is 4.07. The van der Waals surface area contributed by atoms with E-state index in [1.54, 1.807) is 0 Å². The summed E-state index contributed by atoms with van der Waals surface area (Å²) in [5, 5.41) is 3.58. The van der Waals surface area contributed by atoms with Crippen molar-refractivity contribution in [2.24, 2.45) is 11.8 Å². The first kappa shape index (κ1) is 12.7. The molecule has 1 saturated heterocycles. The van der Waals surface area contributed by atoms with E-state index in [2.05, 4.69) is 5.32 Å². The maximum atomic E-state index is 6.03. The Morgan fingerprint density at radius 3 is 2.50 bits per heavy atom. The van der Waals surface area contributed by atoms with Crippen LogP contribution in [0.4, 0.5) is 0 Å². The first-order chi connectivity index (χ1) is 7.90. The van der Waals surface area contributed by atoms with Crippen LogP contribution >= 0.6 is 11.6 Å². The Kier molecular flexibility index (Phi) is 5.40. The lowest BCUT2D eigenvalue weighted by Gasteiger charge is -2.30. The van der Waals surface area contributed by atoms with Crippen LogP contribution in [-0.4, -0.2) is 31.7 Å². The Hall–Kier alpha value is 0.210. The zero-order valence-corrected chi connectivity index (χ0v) is 10.8. The summed E-state index contributed by atoms with van der Waals surface area (Å²) in [6, 6.07) is 0. The molecule has 2 aliphatic rings. The number of alkyl halides is 1. The van der Waals surface area contributed by atoms with Crippen molar-refractivity contribution in [1.82, 2.24) is 5.32 Å². The van der Waals surface area contributed by atoms with E-state index < -0.39 is 0 Å². The zero-order valence-electron chi connectivity index (χ0n) is 10.1. The quantitative estimate of drug-likeness (QED) is 0.753. The number of hydrogen-bond acceptors (Lipinski definition) is 2. The van der Waals surface area contributed by atoms with Crippen LogP contribution < -0.4 is 5.32 Å². The van der Waals surface area contributed by atoms with Crippen LogP contribution in [0.3, 0.4) is 0 Å². The van der Waals surface area contributed by atoms with Gasteiger partial charge in [0.1, 0.15) is 0 Å². The first-order valence-electron chi connectivity index (χ1n) is 6.78. The van der Waals surface area contributed by atoms with Gasteiger partial charge in [-0.05, 0) is 44.1 Å². The Morgan fingerprint density at radius 1 is 1.00 bits per heavy atom. The predicted molar refractivity (Wildman–Crippen MR) is 68.0 cm³/mol. The summed E-state index contributed by atoms with van der Waals surface area (Å²) >= 11 is 6.03. The molecule has 1 saturated carbocycles. The summed E-state index contributed by atoms with van der Waals surface area (Å²) in [6.45, 7) is 3.13. The van der Waals surface area contributed by atoms with Gasteiger partial charge in [0.05, 0.1) is 6.10 Å². The fourth-order valence-corrected chi connectivity index (χ4v) is 3.40. The molecule has 16 heavy (non-hydrogen) atoms. The van der Waals surface area contributed by atoms with Crippen molar-refractivity contribution < 1.29 is 4.74 Å². The van der Waals surface area contributed by atoms with E-state index in [1.165, 1.54) is 38.5 Å². The minimum absolute atomic E-state index is 0.470. The van der Waals surface area contributed by atoms with Gasteiger partial charge in [-0.25, -0.2) is 0 Å². The maximum Gasteiger partial charge on any atom is 0.0700 e. The van der Waals surface area contributed by atoms with Crippen LogP contribution in [0.25, 0.3) is 0 Å². The van der Waals surface area contributed by atoms with Gasteiger partial charge in [-0.1, -0.05) is 12.8 Å². The minimum atomic E-state index is 0.470. The maximum absolute atomic E-state index is 6.03. The second kappa shape index (κ2) is 6.83. The Labute approximate surface area is 104 Å². The lowest BCUT2D eigenvalue weighted by molar-refractivity contribution is 0.107. The minimum Gasteiger partial charge on any atom is -0.377 e. The summed E-state index contributed by atoms with van der Waals surface area (Å²) in [7, 11) is 0. The van der Waals surface area contributed by atoms with Gasteiger partial charge in [-0.15, -0.1) is 11.6 Å². The van der Waals surface area contributed by atoms with Crippen molar-refractivity contribution in [2.45, 2.75) is 44.6 Å². The van der Waals surface area contributed by atoms with Gasteiger partial charge in [0.2, 0.25) is 0 Å². The SMILES string of the molecule is ClCC1CCCCC1CNCC1CCCO1. The van der Waals surface area contributed by atoms with Gasteiger partial charge >= 0.3 is 0 Å². The summed E-state index contributed by atoms with van der Waals surface area (Å²) in [5.74, 6) is 2.38. The highest BCUT2D eigenvalue weighted by atomic mass is 35.5. The van der Waals surface area contributed by atoms with Crippen molar-refractivity contribution in [2.75, 3.05) is 25.6 Å². The molecule has 2 fully saturated rings. The highest BCUT2D eigenvalue weighted by Crippen LogP contribution is 2.30. The summed E-state index contributed by atoms with van der Waals surface area (Å²) in [5.41, 5.74) is 0. The number of hydrogen-bond donors (Lipinski definition) is 1. The van der Waals surface area contributed by atoms with Gasteiger partial charge in [0, 0.05) is 19.0 Å². The van der Waals surface area contributed by atoms with E-state index in [0.717, 1.165) is 37.4 Å². The molecule has 1 aliphatic carbocycles. The molecule has 3 atom stereocenters. The molecule has 0 radical (unpaired) electrons. The van der Waals surface area contributed by atoms with E-state index >= 15 is 0 Å². The lowest BCUT2D eigenvalue weighted by Crippen LogP contribution is -2.35. The lowest BCUT2D eigenvalue weighted by atomic mass is 9.80. The van der Waals surface area contributed by atoms with Crippen molar-refractivity contribution >= 4 is 11.6 Å². The van der Waals surface area contributed by atoms with E-state index in [0.29, 0.717) is 6.10 Å². The number of nitrogens with one attached hydrogen (secondary N) is 1. The van der Waals surface area contributed by atoms with Gasteiger partial charge < -0.3 is 10.1 Å². The van der Waals surface area contributed by atoms with Crippen LogP contribution in [-0.2, 0) is 4.74 Å². The van der Waals surface area contributed by atoms with Crippen LogP contribution in [0.5, 0.6) is 0 Å². The summed E-state index contributed by atoms with van der Waals surface area (Å²) in [4.78, 5) is 0. The topological polar surface area (TPSA) is 21.3 Å². The van der Waals surface area contributed by atoms with Crippen molar-refractivity contribution in [3.05, 3.63) is 0 Å². The highest BCUT2D eigenvalue weighted by Gasteiger charge is 2.24. The van der Waals surface area contributed by atoms with Crippen LogP contribution in [0, 0.1) is 11.8 Å². The third-order valence-corrected chi connectivity index (χ3v) is 4.46. The second-order valence-corrected chi connectivity index (χ2v) is 5.56.